The van der Waals surface area contributed by atoms with Gasteiger partial charge >= 0.3 is 0 Å². The number of aryl methyl sites for hydroxylation is 1. The van der Waals surface area contributed by atoms with Crippen molar-refractivity contribution in [2.24, 2.45) is 5.73 Å². The third-order valence-electron chi connectivity index (χ3n) is 2.61. The summed E-state index contributed by atoms with van der Waals surface area (Å²) in [6.45, 7) is 2.54. The fourth-order valence-corrected chi connectivity index (χ4v) is 2.34. The Balaban J connectivity index is 2.23. The topological polar surface area (TPSA) is 35.2 Å². The summed E-state index contributed by atoms with van der Waals surface area (Å²) in [5, 5.41) is 0. The lowest BCUT2D eigenvalue weighted by Crippen LogP contribution is -1.97. The predicted octanol–water partition coefficient (Wildman–Crippen LogP) is 4.77. The monoisotopic (exact) mass is 369 g/mol. The van der Waals surface area contributed by atoms with Gasteiger partial charge in [0, 0.05) is 15.5 Å². The number of hydrogen-bond donors (Lipinski definition) is 1. The van der Waals surface area contributed by atoms with E-state index in [2.05, 4.69) is 31.9 Å². The van der Waals surface area contributed by atoms with Crippen LogP contribution in [-0.4, -0.2) is 0 Å². The smallest absolute Gasteiger partial charge is 0.128 e. The highest BCUT2D eigenvalue weighted by atomic mass is 79.9. The van der Waals surface area contributed by atoms with Crippen molar-refractivity contribution >= 4 is 31.9 Å². The van der Waals surface area contributed by atoms with E-state index in [-0.39, 0.29) is 0 Å². The number of nitrogens with two attached hydrogens (primary N) is 1. The molecule has 0 unspecified atom stereocenters. The molecule has 0 aliphatic carbocycles. The minimum Gasteiger partial charge on any atom is -0.457 e. The molecule has 2 aromatic rings. The molecule has 0 aliphatic rings. The maximum atomic E-state index is 5.80. The highest BCUT2D eigenvalue weighted by Crippen LogP contribution is 2.29. The van der Waals surface area contributed by atoms with Crippen molar-refractivity contribution in [3.8, 4) is 11.5 Å². The molecule has 0 saturated carbocycles. The number of halogens is 2. The van der Waals surface area contributed by atoms with E-state index in [1.54, 1.807) is 0 Å². The van der Waals surface area contributed by atoms with Crippen LogP contribution in [0.15, 0.2) is 45.3 Å². The molecule has 4 heteroatoms. The van der Waals surface area contributed by atoms with Gasteiger partial charge in [-0.1, -0.05) is 37.9 Å². The quantitative estimate of drug-likeness (QED) is 0.844. The first-order valence-corrected chi connectivity index (χ1v) is 7.11. The maximum Gasteiger partial charge on any atom is 0.128 e. The van der Waals surface area contributed by atoms with Gasteiger partial charge in [0.2, 0.25) is 0 Å². The average Bonchev–Trinajstić information content (AvgIpc) is 2.34. The van der Waals surface area contributed by atoms with Crippen LogP contribution in [0.5, 0.6) is 11.5 Å². The number of hydrogen-bond acceptors (Lipinski definition) is 2. The lowest BCUT2D eigenvalue weighted by Gasteiger charge is -2.09. The van der Waals surface area contributed by atoms with E-state index in [4.69, 9.17) is 10.5 Å². The van der Waals surface area contributed by atoms with Gasteiger partial charge in [-0.2, -0.15) is 0 Å². The molecule has 2 N–H and O–H groups in total. The van der Waals surface area contributed by atoms with Crippen LogP contribution >= 0.6 is 31.9 Å². The summed E-state index contributed by atoms with van der Waals surface area (Å²) in [5.41, 5.74) is 7.82. The molecule has 0 heterocycles. The molecule has 18 heavy (non-hydrogen) atoms. The second-order valence-electron chi connectivity index (χ2n) is 3.97. The van der Waals surface area contributed by atoms with Gasteiger partial charge in [0.1, 0.15) is 11.5 Å². The highest BCUT2D eigenvalue weighted by Gasteiger charge is 2.03. The van der Waals surface area contributed by atoms with Crippen molar-refractivity contribution in [2.75, 3.05) is 0 Å². The standard InChI is InChI=1S/C14H13Br2NO/c1-9-6-11(4-5-13(9)15)18-12-3-2-10(8-17)14(16)7-12/h2-7H,8,17H2,1H3. The SMILES string of the molecule is Cc1cc(Oc2ccc(CN)c(Br)c2)ccc1Br. The van der Waals surface area contributed by atoms with Crippen molar-refractivity contribution in [1.29, 1.82) is 0 Å². The minimum atomic E-state index is 0.512. The molecule has 0 aromatic heterocycles. The van der Waals surface area contributed by atoms with Gasteiger partial charge in [-0.25, -0.2) is 0 Å². The zero-order valence-corrected chi connectivity index (χ0v) is 13.1. The Bertz CT molecular complexity index is 570. The van der Waals surface area contributed by atoms with Crippen LogP contribution < -0.4 is 10.5 Å². The Morgan fingerprint density at radius 1 is 1.00 bits per heavy atom. The first kappa shape index (κ1) is 13.6. The van der Waals surface area contributed by atoms with Crippen molar-refractivity contribution in [2.45, 2.75) is 13.5 Å². The average molecular weight is 371 g/mol. The second kappa shape index (κ2) is 5.87. The molecule has 0 atom stereocenters. The second-order valence-corrected chi connectivity index (χ2v) is 5.68. The minimum absolute atomic E-state index is 0.512. The summed E-state index contributed by atoms with van der Waals surface area (Å²) in [6.07, 6.45) is 0. The van der Waals surface area contributed by atoms with Crippen LogP contribution in [-0.2, 0) is 6.54 Å². The normalized spacial score (nSPS) is 10.4. The highest BCUT2D eigenvalue weighted by molar-refractivity contribution is 9.10. The summed E-state index contributed by atoms with van der Waals surface area (Å²) >= 11 is 6.95. The van der Waals surface area contributed by atoms with E-state index < -0.39 is 0 Å². The first-order valence-electron chi connectivity index (χ1n) is 5.52. The van der Waals surface area contributed by atoms with E-state index in [1.165, 1.54) is 0 Å². The van der Waals surface area contributed by atoms with Crippen molar-refractivity contribution < 1.29 is 4.74 Å². The van der Waals surface area contributed by atoms with Gasteiger partial charge in [0.05, 0.1) is 0 Å². The first-order chi connectivity index (χ1) is 8.60. The summed E-state index contributed by atoms with van der Waals surface area (Å²) in [5.74, 6) is 1.61. The van der Waals surface area contributed by atoms with Crippen molar-refractivity contribution in [3.05, 3.63) is 56.5 Å². The molecule has 0 spiro atoms. The van der Waals surface area contributed by atoms with Gasteiger partial charge in [-0.05, 0) is 48.4 Å². The molecule has 0 bridgehead atoms. The fraction of sp³-hybridized carbons (Fsp3) is 0.143. The van der Waals surface area contributed by atoms with Gasteiger partial charge in [-0.3, -0.25) is 0 Å². The van der Waals surface area contributed by atoms with E-state index in [1.807, 2.05) is 43.3 Å². The Kier molecular flexibility index (Phi) is 4.43. The molecule has 0 fully saturated rings. The predicted molar refractivity (Wildman–Crippen MR) is 81.0 cm³/mol. The lowest BCUT2D eigenvalue weighted by atomic mass is 10.2. The third-order valence-corrected chi connectivity index (χ3v) is 4.24. The van der Waals surface area contributed by atoms with Crippen LogP contribution in [0.2, 0.25) is 0 Å². The lowest BCUT2D eigenvalue weighted by molar-refractivity contribution is 0.481. The Morgan fingerprint density at radius 3 is 2.28 bits per heavy atom. The van der Waals surface area contributed by atoms with Gasteiger partial charge in [0.15, 0.2) is 0 Å². The maximum absolute atomic E-state index is 5.80. The van der Waals surface area contributed by atoms with Crippen LogP contribution in [0.3, 0.4) is 0 Å². The van der Waals surface area contributed by atoms with Crippen LogP contribution in [0.1, 0.15) is 11.1 Å². The molecule has 2 rings (SSSR count). The van der Waals surface area contributed by atoms with E-state index in [0.717, 1.165) is 31.6 Å². The number of ether oxygens (including phenoxy) is 1. The third kappa shape index (κ3) is 3.13. The molecule has 0 amide bonds. The van der Waals surface area contributed by atoms with Crippen LogP contribution in [0, 0.1) is 6.92 Å². The van der Waals surface area contributed by atoms with Gasteiger partial charge in [0.25, 0.3) is 0 Å². The van der Waals surface area contributed by atoms with Crippen molar-refractivity contribution in [3.63, 3.8) is 0 Å². The fourth-order valence-electron chi connectivity index (χ4n) is 1.57. The summed E-state index contributed by atoms with van der Waals surface area (Å²) < 4.78 is 7.85. The van der Waals surface area contributed by atoms with Gasteiger partial charge in [-0.15, -0.1) is 0 Å². The molecule has 2 aromatic carbocycles. The summed E-state index contributed by atoms with van der Waals surface area (Å²) in [7, 11) is 0. The van der Waals surface area contributed by atoms with E-state index in [9.17, 15) is 0 Å². The summed E-state index contributed by atoms with van der Waals surface area (Å²) in [4.78, 5) is 0. The van der Waals surface area contributed by atoms with Gasteiger partial charge < -0.3 is 10.5 Å². The molecular weight excluding hydrogens is 358 g/mol. The van der Waals surface area contributed by atoms with Crippen LogP contribution in [0.25, 0.3) is 0 Å². The zero-order chi connectivity index (χ0) is 13.1. The molecule has 2 nitrogen and oxygen atoms in total. The number of rotatable bonds is 3. The van der Waals surface area contributed by atoms with E-state index >= 15 is 0 Å². The van der Waals surface area contributed by atoms with Crippen LogP contribution in [0.4, 0.5) is 0 Å². The Hall–Kier alpha value is -0.840. The Morgan fingerprint density at radius 2 is 1.67 bits per heavy atom. The molecule has 0 aliphatic heterocycles. The number of benzene rings is 2. The summed E-state index contributed by atoms with van der Waals surface area (Å²) in [6, 6.07) is 11.7. The molecular formula is C14H13Br2NO. The van der Waals surface area contributed by atoms with Crippen molar-refractivity contribution in [1.82, 2.24) is 0 Å². The van der Waals surface area contributed by atoms with E-state index in [0.29, 0.717) is 6.54 Å². The molecule has 0 saturated heterocycles. The molecule has 0 radical (unpaired) electrons. The zero-order valence-electron chi connectivity index (χ0n) is 9.91. The largest absolute Gasteiger partial charge is 0.457 e. The Labute approximate surface area is 123 Å². The molecule has 94 valence electrons.